The quantitative estimate of drug-likeness (QED) is 0.571. The van der Waals surface area contributed by atoms with Crippen LogP contribution < -0.4 is 4.72 Å². The number of fused-ring (bicyclic) bond motifs is 4. The molecule has 3 aromatic rings. The maximum absolute atomic E-state index is 12.8. The first-order chi connectivity index (χ1) is 12.6. The SMILES string of the molecule is O=S(=O)(Nc1nc2c(s1)CCCC2)c1ccc2c(c1)Cc1ccccc1-2. The molecule has 0 amide bonds. The van der Waals surface area contributed by atoms with Crippen molar-refractivity contribution < 1.29 is 8.42 Å². The number of hydrogen-bond donors (Lipinski definition) is 1. The number of aromatic nitrogens is 1. The number of nitrogens with one attached hydrogen (secondary N) is 1. The minimum absolute atomic E-state index is 0.303. The zero-order valence-corrected chi connectivity index (χ0v) is 15.8. The lowest BCUT2D eigenvalue weighted by Gasteiger charge is -2.07. The summed E-state index contributed by atoms with van der Waals surface area (Å²) in [7, 11) is -3.62. The highest BCUT2D eigenvalue weighted by Crippen LogP contribution is 2.38. The van der Waals surface area contributed by atoms with Gasteiger partial charge in [0.2, 0.25) is 0 Å². The number of nitrogens with zero attached hydrogens (tertiary/aromatic N) is 1. The van der Waals surface area contributed by atoms with Crippen LogP contribution in [0.15, 0.2) is 47.4 Å². The Morgan fingerprint density at radius 2 is 1.77 bits per heavy atom. The first kappa shape index (κ1) is 16.0. The Morgan fingerprint density at radius 1 is 0.962 bits per heavy atom. The number of sulfonamides is 1. The molecule has 0 atom stereocenters. The fourth-order valence-electron chi connectivity index (χ4n) is 3.86. The predicted molar refractivity (Wildman–Crippen MR) is 104 cm³/mol. The van der Waals surface area contributed by atoms with Crippen LogP contribution in [0.25, 0.3) is 11.1 Å². The summed E-state index contributed by atoms with van der Waals surface area (Å²) in [5.41, 5.74) is 5.70. The molecule has 132 valence electrons. The maximum atomic E-state index is 12.8. The first-order valence-corrected chi connectivity index (χ1v) is 11.1. The van der Waals surface area contributed by atoms with Crippen LogP contribution in [0, 0.1) is 0 Å². The van der Waals surface area contributed by atoms with Gasteiger partial charge in [0, 0.05) is 4.88 Å². The van der Waals surface area contributed by atoms with Gasteiger partial charge in [-0.25, -0.2) is 13.4 Å². The van der Waals surface area contributed by atoms with Gasteiger partial charge >= 0.3 is 0 Å². The molecule has 26 heavy (non-hydrogen) atoms. The summed E-state index contributed by atoms with van der Waals surface area (Å²) in [6.45, 7) is 0. The van der Waals surface area contributed by atoms with Crippen molar-refractivity contribution in [2.24, 2.45) is 0 Å². The lowest BCUT2D eigenvalue weighted by atomic mass is 10.0. The molecule has 2 aromatic carbocycles. The second-order valence-electron chi connectivity index (χ2n) is 6.85. The van der Waals surface area contributed by atoms with Gasteiger partial charge in [0.15, 0.2) is 5.13 Å². The molecule has 0 aliphatic heterocycles. The fourth-order valence-corrected chi connectivity index (χ4v) is 6.19. The molecule has 0 bridgehead atoms. The third-order valence-corrected chi connectivity index (χ3v) is 7.68. The Bertz CT molecular complexity index is 1090. The van der Waals surface area contributed by atoms with Crippen molar-refractivity contribution in [2.45, 2.75) is 37.0 Å². The maximum Gasteiger partial charge on any atom is 0.263 e. The van der Waals surface area contributed by atoms with Crippen LogP contribution in [0.4, 0.5) is 5.13 Å². The van der Waals surface area contributed by atoms with E-state index in [0.717, 1.165) is 48.9 Å². The standard InChI is InChI=1S/C20H18N2O2S2/c23-26(24,22-20-21-18-7-3-4-8-19(18)25-20)15-9-10-17-14(12-15)11-13-5-1-2-6-16(13)17/h1-2,5-6,9-10,12H,3-4,7-8,11H2,(H,21,22). The van der Waals surface area contributed by atoms with Gasteiger partial charge in [-0.1, -0.05) is 30.3 Å². The molecule has 0 saturated heterocycles. The van der Waals surface area contributed by atoms with Crippen LogP contribution in [0.3, 0.4) is 0 Å². The molecule has 6 heteroatoms. The molecule has 0 unspecified atom stereocenters. The molecule has 2 aliphatic carbocycles. The molecule has 0 fully saturated rings. The Balaban J connectivity index is 1.46. The molecule has 0 radical (unpaired) electrons. The van der Waals surface area contributed by atoms with Crippen molar-refractivity contribution in [1.29, 1.82) is 0 Å². The third-order valence-electron chi connectivity index (χ3n) is 5.14. The largest absolute Gasteiger partial charge is 0.263 e. The second-order valence-corrected chi connectivity index (χ2v) is 9.62. The Morgan fingerprint density at radius 3 is 2.65 bits per heavy atom. The van der Waals surface area contributed by atoms with E-state index in [1.807, 2.05) is 18.2 Å². The molecule has 4 nitrogen and oxygen atoms in total. The summed E-state index contributed by atoms with van der Waals surface area (Å²) in [5, 5.41) is 0.487. The monoisotopic (exact) mass is 382 g/mol. The summed E-state index contributed by atoms with van der Waals surface area (Å²) >= 11 is 1.47. The van der Waals surface area contributed by atoms with E-state index < -0.39 is 10.0 Å². The highest BCUT2D eigenvalue weighted by molar-refractivity contribution is 7.93. The van der Waals surface area contributed by atoms with E-state index in [1.54, 1.807) is 12.1 Å². The summed E-state index contributed by atoms with van der Waals surface area (Å²) in [4.78, 5) is 6.02. The Kier molecular flexibility index (Phi) is 3.65. The van der Waals surface area contributed by atoms with E-state index in [-0.39, 0.29) is 0 Å². The van der Waals surface area contributed by atoms with Crippen molar-refractivity contribution in [3.05, 3.63) is 64.2 Å². The van der Waals surface area contributed by atoms with Crippen molar-refractivity contribution in [1.82, 2.24) is 4.98 Å². The molecule has 2 aliphatic rings. The van der Waals surface area contributed by atoms with Gasteiger partial charge < -0.3 is 0 Å². The second kappa shape index (κ2) is 5.93. The molecule has 0 saturated carbocycles. The molecule has 1 aromatic heterocycles. The van der Waals surface area contributed by atoms with Crippen LogP contribution in [0.1, 0.15) is 34.5 Å². The van der Waals surface area contributed by atoms with Crippen LogP contribution in [0.5, 0.6) is 0 Å². The van der Waals surface area contributed by atoms with Crippen molar-refractivity contribution in [3.63, 3.8) is 0 Å². The minimum atomic E-state index is -3.62. The summed E-state index contributed by atoms with van der Waals surface area (Å²) in [6, 6.07) is 13.6. The van der Waals surface area contributed by atoms with Gasteiger partial charge in [0.05, 0.1) is 10.6 Å². The normalized spacial score (nSPS) is 15.2. The van der Waals surface area contributed by atoms with Gasteiger partial charge in [-0.15, -0.1) is 11.3 Å². The molecule has 1 heterocycles. The summed E-state index contributed by atoms with van der Waals surface area (Å²) < 4.78 is 28.4. The van der Waals surface area contributed by atoms with Gasteiger partial charge in [0.25, 0.3) is 10.0 Å². The van der Waals surface area contributed by atoms with Crippen LogP contribution in [-0.4, -0.2) is 13.4 Å². The van der Waals surface area contributed by atoms with E-state index >= 15 is 0 Å². The summed E-state index contributed by atoms with van der Waals surface area (Å²) in [5.74, 6) is 0. The fraction of sp³-hybridized carbons (Fsp3) is 0.250. The Hall–Kier alpha value is -2.18. The highest BCUT2D eigenvalue weighted by Gasteiger charge is 2.23. The van der Waals surface area contributed by atoms with E-state index in [2.05, 4.69) is 21.8 Å². The average Bonchev–Trinajstić information content (AvgIpc) is 3.20. The van der Waals surface area contributed by atoms with Gasteiger partial charge in [0.1, 0.15) is 0 Å². The molecule has 0 spiro atoms. The number of hydrogen-bond acceptors (Lipinski definition) is 4. The number of anilines is 1. The zero-order chi connectivity index (χ0) is 17.7. The molecular formula is C20H18N2O2S2. The number of benzene rings is 2. The van der Waals surface area contributed by atoms with E-state index in [0.29, 0.717) is 10.0 Å². The van der Waals surface area contributed by atoms with Crippen LogP contribution in [0.2, 0.25) is 0 Å². The zero-order valence-electron chi connectivity index (χ0n) is 14.2. The van der Waals surface area contributed by atoms with Gasteiger partial charge in [-0.2, -0.15) is 0 Å². The average molecular weight is 383 g/mol. The number of aryl methyl sites for hydroxylation is 2. The van der Waals surface area contributed by atoms with Crippen LogP contribution >= 0.6 is 11.3 Å². The molecule has 5 rings (SSSR count). The summed E-state index contributed by atoms with van der Waals surface area (Å²) in [6.07, 6.45) is 5.03. The minimum Gasteiger partial charge on any atom is -0.255 e. The van der Waals surface area contributed by atoms with E-state index in [1.165, 1.54) is 27.3 Å². The first-order valence-electron chi connectivity index (χ1n) is 8.83. The predicted octanol–water partition coefficient (Wildman–Crippen LogP) is 4.39. The van der Waals surface area contributed by atoms with Crippen molar-refractivity contribution in [2.75, 3.05) is 4.72 Å². The third kappa shape index (κ3) is 2.64. The van der Waals surface area contributed by atoms with Crippen molar-refractivity contribution >= 4 is 26.5 Å². The van der Waals surface area contributed by atoms with Crippen molar-refractivity contribution in [3.8, 4) is 11.1 Å². The van der Waals surface area contributed by atoms with Gasteiger partial charge in [-0.05, 0) is 66.5 Å². The Labute approximate surface area is 157 Å². The lowest BCUT2D eigenvalue weighted by Crippen LogP contribution is -2.13. The number of thiazole rings is 1. The topological polar surface area (TPSA) is 59.1 Å². The molecular weight excluding hydrogens is 364 g/mol. The van der Waals surface area contributed by atoms with Crippen LogP contribution in [-0.2, 0) is 29.3 Å². The number of rotatable bonds is 3. The highest BCUT2D eigenvalue weighted by atomic mass is 32.2. The van der Waals surface area contributed by atoms with E-state index in [9.17, 15) is 8.42 Å². The molecule has 1 N–H and O–H groups in total. The lowest BCUT2D eigenvalue weighted by molar-refractivity contribution is 0.601. The van der Waals surface area contributed by atoms with Gasteiger partial charge in [-0.3, -0.25) is 4.72 Å². The smallest absolute Gasteiger partial charge is 0.255 e. The van der Waals surface area contributed by atoms with E-state index in [4.69, 9.17) is 0 Å².